The van der Waals surface area contributed by atoms with Gasteiger partial charge in [0.05, 0.1) is 9.26 Å². The van der Waals surface area contributed by atoms with Crippen LogP contribution in [-0.2, 0) is 0 Å². The third-order valence-electron chi connectivity index (χ3n) is 1.75. The van der Waals surface area contributed by atoms with Crippen molar-refractivity contribution in [3.8, 4) is 0 Å². The van der Waals surface area contributed by atoms with Gasteiger partial charge in [-0.15, -0.1) is 23.5 Å². The van der Waals surface area contributed by atoms with Gasteiger partial charge in [0.2, 0.25) is 0 Å². The van der Waals surface area contributed by atoms with Gasteiger partial charge in [0.1, 0.15) is 5.76 Å². The summed E-state index contributed by atoms with van der Waals surface area (Å²) in [5, 5.41) is 11.0. The van der Waals surface area contributed by atoms with Crippen LogP contribution in [0.1, 0.15) is 5.56 Å². The molecule has 0 amide bonds. The average Bonchev–Trinajstić information content (AvgIpc) is 2.23. The van der Waals surface area contributed by atoms with E-state index in [9.17, 15) is 5.11 Å². The molecule has 0 radical (unpaired) electrons. The number of benzene rings is 1. The maximum Gasteiger partial charge on any atom is 0.144 e. The third-order valence-corrected chi connectivity index (χ3v) is 4.44. The van der Waals surface area contributed by atoms with Crippen molar-refractivity contribution in [1.82, 2.24) is 0 Å². The van der Waals surface area contributed by atoms with E-state index >= 15 is 0 Å². The van der Waals surface area contributed by atoms with Crippen molar-refractivity contribution in [2.24, 2.45) is 0 Å². The Morgan fingerprint density at radius 1 is 1.20 bits per heavy atom. The number of halogens is 2. The lowest BCUT2D eigenvalue weighted by atomic mass is 10.2. The van der Waals surface area contributed by atoms with Crippen LogP contribution in [0.2, 0.25) is 10.0 Å². The predicted molar refractivity (Wildman–Crippen MR) is 73.0 cm³/mol. The van der Waals surface area contributed by atoms with Crippen molar-refractivity contribution in [3.63, 3.8) is 0 Å². The second-order valence-electron chi connectivity index (χ2n) is 2.67. The zero-order valence-corrected chi connectivity index (χ0v) is 11.4. The molecule has 1 nitrogen and oxygen atoms in total. The minimum absolute atomic E-state index is 0.183. The van der Waals surface area contributed by atoms with Gasteiger partial charge in [-0.1, -0.05) is 23.2 Å². The van der Waals surface area contributed by atoms with Crippen molar-refractivity contribution in [2.45, 2.75) is 0 Å². The molecule has 0 unspecified atom stereocenters. The van der Waals surface area contributed by atoms with Gasteiger partial charge in [0, 0.05) is 10.6 Å². The highest BCUT2D eigenvalue weighted by atomic mass is 35.5. The van der Waals surface area contributed by atoms with E-state index in [2.05, 4.69) is 0 Å². The van der Waals surface area contributed by atoms with Gasteiger partial charge >= 0.3 is 0 Å². The van der Waals surface area contributed by atoms with Gasteiger partial charge in [-0.05, 0) is 30.7 Å². The smallest absolute Gasteiger partial charge is 0.144 e. The predicted octanol–water partition coefficient (Wildman–Crippen LogP) is 4.90. The quantitative estimate of drug-likeness (QED) is 0.795. The minimum Gasteiger partial charge on any atom is -0.506 e. The first-order valence-electron chi connectivity index (χ1n) is 4.06. The van der Waals surface area contributed by atoms with E-state index in [4.69, 9.17) is 23.2 Å². The lowest BCUT2D eigenvalue weighted by Gasteiger charge is -2.08. The molecule has 0 aliphatic rings. The third kappa shape index (κ3) is 3.25. The summed E-state index contributed by atoms with van der Waals surface area (Å²) in [4.78, 5) is 0. The lowest BCUT2D eigenvalue weighted by Crippen LogP contribution is -1.87. The minimum atomic E-state index is 0.183. The van der Waals surface area contributed by atoms with Crippen LogP contribution in [0.4, 0.5) is 0 Å². The molecule has 0 saturated heterocycles. The van der Waals surface area contributed by atoms with Gasteiger partial charge in [-0.2, -0.15) is 0 Å². The van der Waals surface area contributed by atoms with Gasteiger partial charge in [0.15, 0.2) is 0 Å². The van der Waals surface area contributed by atoms with E-state index in [0.717, 1.165) is 4.24 Å². The van der Waals surface area contributed by atoms with Gasteiger partial charge in [0.25, 0.3) is 0 Å². The van der Waals surface area contributed by atoms with E-state index in [-0.39, 0.29) is 5.76 Å². The zero-order valence-electron chi connectivity index (χ0n) is 8.25. The Balaban J connectivity index is 3.26. The highest BCUT2D eigenvalue weighted by molar-refractivity contribution is 8.21. The molecule has 0 bridgehead atoms. The number of aliphatic hydroxyl groups is 1. The molecule has 82 valence electrons. The number of aliphatic hydroxyl groups excluding tert-OH is 1. The van der Waals surface area contributed by atoms with Crippen LogP contribution in [0.5, 0.6) is 0 Å². The summed E-state index contributed by atoms with van der Waals surface area (Å²) in [6.45, 7) is 0. The summed E-state index contributed by atoms with van der Waals surface area (Å²) >= 11 is 14.8. The summed E-state index contributed by atoms with van der Waals surface area (Å²) in [5.41, 5.74) is 0.572. The summed E-state index contributed by atoms with van der Waals surface area (Å²) in [6.07, 6.45) is 3.81. The topological polar surface area (TPSA) is 20.2 Å². The Hall–Kier alpha value is 0.0400. The van der Waals surface area contributed by atoms with E-state index in [1.807, 2.05) is 12.5 Å². The van der Waals surface area contributed by atoms with Crippen LogP contribution >= 0.6 is 46.7 Å². The number of rotatable bonds is 3. The van der Waals surface area contributed by atoms with Crippen molar-refractivity contribution in [1.29, 1.82) is 0 Å². The van der Waals surface area contributed by atoms with E-state index in [1.165, 1.54) is 23.5 Å². The van der Waals surface area contributed by atoms with Crippen LogP contribution in [0, 0.1) is 0 Å². The zero-order chi connectivity index (χ0) is 11.4. The Kier molecular flexibility index (Phi) is 5.19. The Morgan fingerprint density at radius 3 is 2.33 bits per heavy atom. The van der Waals surface area contributed by atoms with Crippen molar-refractivity contribution < 1.29 is 5.11 Å². The molecule has 1 rings (SSSR count). The van der Waals surface area contributed by atoms with Crippen LogP contribution in [0.25, 0.3) is 5.76 Å². The Labute approximate surface area is 108 Å². The maximum atomic E-state index is 9.98. The molecule has 0 aromatic heterocycles. The fourth-order valence-electron chi connectivity index (χ4n) is 1.07. The molecule has 15 heavy (non-hydrogen) atoms. The Bertz CT molecular complexity index is 385. The summed E-state index contributed by atoms with van der Waals surface area (Å²) < 4.78 is 0.819. The molecule has 1 N–H and O–H groups in total. The first-order chi connectivity index (χ1) is 7.10. The normalized spacial score (nSPS) is 10.1. The van der Waals surface area contributed by atoms with Crippen molar-refractivity contribution >= 4 is 52.5 Å². The molecule has 0 aliphatic carbocycles. The van der Waals surface area contributed by atoms with Gasteiger partial charge < -0.3 is 5.11 Å². The fraction of sp³-hybridized carbons (Fsp3) is 0.200. The average molecular weight is 281 g/mol. The fourth-order valence-corrected chi connectivity index (χ4v) is 2.72. The van der Waals surface area contributed by atoms with E-state index in [0.29, 0.717) is 15.6 Å². The van der Waals surface area contributed by atoms with Gasteiger partial charge in [-0.3, -0.25) is 0 Å². The highest BCUT2D eigenvalue weighted by Crippen LogP contribution is 2.35. The molecule has 0 spiro atoms. The Morgan fingerprint density at radius 2 is 1.80 bits per heavy atom. The van der Waals surface area contributed by atoms with Crippen LogP contribution < -0.4 is 0 Å². The van der Waals surface area contributed by atoms with E-state index in [1.54, 1.807) is 18.2 Å². The van der Waals surface area contributed by atoms with E-state index < -0.39 is 0 Å². The molecule has 1 aromatic rings. The molecular weight excluding hydrogens is 271 g/mol. The SMILES string of the molecule is CSC(SC)=C(O)c1cc(Cl)ccc1Cl. The number of hydrogen-bond acceptors (Lipinski definition) is 3. The summed E-state index contributed by atoms with van der Waals surface area (Å²) in [6, 6.07) is 5.03. The standard InChI is InChI=1S/C10H10Cl2OS2/c1-14-10(15-2)9(13)7-5-6(11)3-4-8(7)12/h3-5,13H,1-2H3. The first-order valence-corrected chi connectivity index (χ1v) is 7.27. The number of thioether (sulfide) groups is 2. The van der Waals surface area contributed by atoms with Crippen LogP contribution in [0.15, 0.2) is 22.4 Å². The molecule has 1 aromatic carbocycles. The van der Waals surface area contributed by atoms with Gasteiger partial charge in [-0.25, -0.2) is 0 Å². The monoisotopic (exact) mass is 280 g/mol. The molecule has 0 heterocycles. The molecular formula is C10H10Cl2OS2. The second-order valence-corrected chi connectivity index (χ2v) is 5.40. The molecule has 5 heteroatoms. The molecule has 0 aliphatic heterocycles. The molecule has 0 saturated carbocycles. The maximum absolute atomic E-state index is 9.98. The van der Waals surface area contributed by atoms with Crippen LogP contribution in [-0.4, -0.2) is 17.6 Å². The molecule has 0 atom stereocenters. The molecule has 0 fully saturated rings. The largest absolute Gasteiger partial charge is 0.506 e. The van der Waals surface area contributed by atoms with Crippen molar-refractivity contribution in [3.05, 3.63) is 38.0 Å². The van der Waals surface area contributed by atoms with Crippen molar-refractivity contribution in [2.75, 3.05) is 12.5 Å². The second kappa shape index (κ2) is 5.94. The summed E-state index contributed by atoms with van der Waals surface area (Å²) in [5.74, 6) is 0.183. The number of hydrogen-bond donors (Lipinski definition) is 1. The first kappa shape index (κ1) is 13.1. The lowest BCUT2D eigenvalue weighted by molar-refractivity contribution is 0.512. The van der Waals surface area contributed by atoms with Crippen LogP contribution in [0.3, 0.4) is 0 Å². The summed E-state index contributed by atoms with van der Waals surface area (Å²) in [7, 11) is 0. The highest BCUT2D eigenvalue weighted by Gasteiger charge is 2.10.